The molecule has 21 heavy (non-hydrogen) atoms. The van der Waals surface area contributed by atoms with Crippen molar-refractivity contribution in [3.05, 3.63) is 23.8 Å². The van der Waals surface area contributed by atoms with Crippen LogP contribution >= 0.6 is 0 Å². The van der Waals surface area contributed by atoms with E-state index in [0.717, 1.165) is 37.5 Å². The summed E-state index contributed by atoms with van der Waals surface area (Å²) in [6, 6.07) is 2.70. The summed E-state index contributed by atoms with van der Waals surface area (Å²) >= 11 is 0. The fourth-order valence-corrected chi connectivity index (χ4v) is 3.26. The number of nitrogens with zero attached hydrogens (tertiary/aromatic N) is 4. The van der Waals surface area contributed by atoms with Crippen molar-refractivity contribution in [2.75, 3.05) is 33.8 Å². The smallest absolute Gasteiger partial charge is 0.157 e. The molecule has 0 aromatic carbocycles. The van der Waals surface area contributed by atoms with Crippen molar-refractivity contribution in [1.29, 1.82) is 0 Å². The lowest BCUT2D eigenvalue weighted by Gasteiger charge is -2.35. The summed E-state index contributed by atoms with van der Waals surface area (Å²) in [5.41, 5.74) is 1.11. The molecule has 3 rings (SSSR count). The van der Waals surface area contributed by atoms with E-state index in [0.29, 0.717) is 6.04 Å². The number of ether oxygens (including phenoxy) is 1. The van der Waals surface area contributed by atoms with Crippen molar-refractivity contribution in [2.24, 2.45) is 0 Å². The molecule has 5 heteroatoms. The van der Waals surface area contributed by atoms with Crippen LogP contribution in [0, 0.1) is 0 Å². The number of rotatable bonds is 4. The Morgan fingerprint density at radius 3 is 2.86 bits per heavy atom. The molecule has 0 aliphatic carbocycles. The minimum atomic E-state index is 0.110. The van der Waals surface area contributed by atoms with Crippen molar-refractivity contribution >= 4 is 0 Å². The van der Waals surface area contributed by atoms with E-state index in [4.69, 9.17) is 9.72 Å². The van der Waals surface area contributed by atoms with Crippen LogP contribution in [0.4, 0.5) is 0 Å². The third kappa shape index (κ3) is 3.78. The monoisotopic (exact) mass is 290 g/mol. The third-order valence-electron chi connectivity index (χ3n) is 4.67. The van der Waals surface area contributed by atoms with Gasteiger partial charge in [-0.05, 0) is 58.9 Å². The van der Waals surface area contributed by atoms with Gasteiger partial charge in [-0.3, -0.25) is 4.90 Å². The molecule has 2 aliphatic heterocycles. The molecule has 116 valence electrons. The summed E-state index contributed by atoms with van der Waals surface area (Å²) in [6.07, 6.45) is 6.65. The zero-order chi connectivity index (χ0) is 14.7. The van der Waals surface area contributed by atoms with E-state index in [1.807, 2.05) is 12.3 Å². The second kappa shape index (κ2) is 6.81. The van der Waals surface area contributed by atoms with Crippen LogP contribution in [0.1, 0.15) is 43.3 Å². The quantitative estimate of drug-likeness (QED) is 0.846. The second-order valence-electron chi connectivity index (χ2n) is 6.36. The van der Waals surface area contributed by atoms with E-state index >= 15 is 0 Å². The molecule has 0 unspecified atom stereocenters. The Balaban J connectivity index is 1.60. The predicted molar refractivity (Wildman–Crippen MR) is 81.9 cm³/mol. The van der Waals surface area contributed by atoms with Crippen LogP contribution in [0.2, 0.25) is 0 Å². The highest BCUT2D eigenvalue weighted by molar-refractivity contribution is 5.05. The van der Waals surface area contributed by atoms with Gasteiger partial charge in [-0.1, -0.05) is 0 Å². The molecule has 3 heterocycles. The summed E-state index contributed by atoms with van der Waals surface area (Å²) in [7, 11) is 4.42. The van der Waals surface area contributed by atoms with Gasteiger partial charge in [-0.25, -0.2) is 9.97 Å². The van der Waals surface area contributed by atoms with Gasteiger partial charge in [-0.2, -0.15) is 0 Å². The number of hydrogen-bond acceptors (Lipinski definition) is 5. The van der Waals surface area contributed by atoms with E-state index in [1.165, 1.54) is 25.9 Å². The molecule has 0 saturated carbocycles. The minimum Gasteiger partial charge on any atom is -0.370 e. The predicted octanol–water partition coefficient (Wildman–Crippen LogP) is 1.85. The normalized spacial score (nSPS) is 24.8. The number of piperidine rings is 1. The van der Waals surface area contributed by atoms with Crippen molar-refractivity contribution < 1.29 is 4.74 Å². The summed E-state index contributed by atoms with van der Waals surface area (Å²) < 4.78 is 5.68. The molecule has 2 aliphatic rings. The summed E-state index contributed by atoms with van der Waals surface area (Å²) in [4.78, 5) is 14.0. The highest BCUT2D eigenvalue weighted by Crippen LogP contribution is 2.25. The van der Waals surface area contributed by atoms with Gasteiger partial charge in [0.15, 0.2) is 5.82 Å². The van der Waals surface area contributed by atoms with Crippen LogP contribution in [-0.2, 0) is 11.3 Å². The highest BCUT2D eigenvalue weighted by Gasteiger charge is 2.23. The molecule has 0 radical (unpaired) electrons. The lowest BCUT2D eigenvalue weighted by Crippen LogP contribution is -2.41. The summed E-state index contributed by atoms with van der Waals surface area (Å²) in [6.45, 7) is 4.13. The molecule has 2 fully saturated rings. The average Bonchev–Trinajstić information content (AvgIpc) is 3.02. The molecule has 1 aromatic heterocycles. The molecule has 1 atom stereocenters. The Morgan fingerprint density at radius 2 is 2.14 bits per heavy atom. The number of hydrogen-bond donors (Lipinski definition) is 0. The lowest BCUT2D eigenvalue weighted by molar-refractivity contribution is 0.104. The van der Waals surface area contributed by atoms with Gasteiger partial charge in [-0.15, -0.1) is 0 Å². The molecule has 2 saturated heterocycles. The zero-order valence-corrected chi connectivity index (χ0v) is 13.2. The topological polar surface area (TPSA) is 41.5 Å². The van der Waals surface area contributed by atoms with Gasteiger partial charge in [0.1, 0.15) is 6.10 Å². The van der Waals surface area contributed by atoms with Crippen molar-refractivity contribution in [3.8, 4) is 0 Å². The molecule has 0 bridgehead atoms. The van der Waals surface area contributed by atoms with Gasteiger partial charge in [0.25, 0.3) is 0 Å². The maximum Gasteiger partial charge on any atom is 0.157 e. The first-order valence-electron chi connectivity index (χ1n) is 8.04. The molecular formula is C16H26N4O. The van der Waals surface area contributed by atoms with Crippen LogP contribution in [-0.4, -0.2) is 59.6 Å². The second-order valence-corrected chi connectivity index (χ2v) is 6.36. The van der Waals surface area contributed by atoms with Gasteiger partial charge in [0.05, 0.1) is 5.69 Å². The van der Waals surface area contributed by atoms with Gasteiger partial charge in [0, 0.05) is 25.4 Å². The first-order chi connectivity index (χ1) is 10.2. The maximum absolute atomic E-state index is 5.68. The number of aromatic nitrogens is 2. The Kier molecular flexibility index (Phi) is 4.83. The summed E-state index contributed by atoms with van der Waals surface area (Å²) in [5, 5.41) is 0. The fourth-order valence-electron chi connectivity index (χ4n) is 3.26. The average molecular weight is 290 g/mol. The SMILES string of the molecule is CN1CCC(N(C)Cc2ccnc([C@H]3CCCO3)n2)CC1. The Morgan fingerprint density at radius 1 is 1.33 bits per heavy atom. The fraction of sp³-hybridized carbons (Fsp3) is 0.750. The van der Waals surface area contributed by atoms with Gasteiger partial charge < -0.3 is 9.64 Å². The first kappa shape index (κ1) is 14.9. The molecule has 0 spiro atoms. The standard InChI is InChI=1S/C16H26N4O/c1-19-9-6-14(7-10-19)20(2)12-13-5-8-17-16(18-13)15-4-3-11-21-15/h5,8,14-15H,3-4,6-7,9-12H2,1-2H3/t15-/m1/s1. The van der Waals surface area contributed by atoms with Crippen molar-refractivity contribution in [3.63, 3.8) is 0 Å². The molecular weight excluding hydrogens is 264 g/mol. The maximum atomic E-state index is 5.68. The van der Waals surface area contributed by atoms with E-state index < -0.39 is 0 Å². The molecule has 5 nitrogen and oxygen atoms in total. The van der Waals surface area contributed by atoms with E-state index in [1.54, 1.807) is 0 Å². The Hall–Kier alpha value is -1.04. The first-order valence-corrected chi connectivity index (χ1v) is 8.04. The number of likely N-dealkylation sites (tertiary alicyclic amines) is 1. The zero-order valence-electron chi connectivity index (χ0n) is 13.2. The molecule has 1 aromatic rings. The van der Waals surface area contributed by atoms with Gasteiger partial charge in [0.2, 0.25) is 0 Å². The third-order valence-corrected chi connectivity index (χ3v) is 4.67. The van der Waals surface area contributed by atoms with Crippen LogP contribution < -0.4 is 0 Å². The Labute approximate surface area is 127 Å². The molecule has 0 N–H and O–H groups in total. The minimum absolute atomic E-state index is 0.110. The van der Waals surface area contributed by atoms with E-state index in [-0.39, 0.29) is 6.10 Å². The van der Waals surface area contributed by atoms with Crippen LogP contribution in [0.3, 0.4) is 0 Å². The van der Waals surface area contributed by atoms with Crippen LogP contribution in [0.5, 0.6) is 0 Å². The highest BCUT2D eigenvalue weighted by atomic mass is 16.5. The largest absolute Gasteiger partial charge is 0.370 e. The summed E-state index contributed by atoms with van der Waals surface area (Å²) in [5.74, 6) is 0.863. The van der Waals surface area contributed by atoms with E-state index in [2.05, 4.69) is 28.9 Å². The van der Waals surface area contributed by atoms with E-state index in [9.17, 15) is 0 Å². The van der Waals surface area contributed by atoms with Crippen LogP contribution in [0.15, 0.2) is 12.3 Å². The van der Waals surface area contributed by atoms with Crippen LogP contribution in [0.25, 0.3) is 0 Å². The van der Waals surface area contributed by atoms with Crippen molar-refractivity contribution in [2.45, 2.75) is 44.4 Å². The lowest BCUT2D eigenvalue weighted by atomic mass is 10.0. The Bertz CT molecular complexity index is 453. The van der Waals surface area contributed by atoms with Gasteiger partial charge >= 0.3 is 0 Å². The van der Waals surface area contributed by atoms with Crippen molar-refractivity contribution in [1.82, 2.24) is 19.8 Å². The molecule has 0 amide bonds.